The summed E-state index contributed by atoms with van der Waals surface area (Å²) in [4.78, 5) is 15.9. The number of ketones is 1. The third-order valence-corrected chi connectivity index (χ3v) is 2.09. The van der Waals surface area contributed by atoms with Gasteiger partial charge in [-0.15, -0.1) is 0 Å². The number of nitrogens with zero attached hydrogens (tertiary/aromatic N) is 1. The number of hydrogen-bond acceptors (Lipinski definition) is 3. The van der Waals surface area contributed by atoms with E-state index in [1.807, 2.05) is 33.8 Å². The fourth-order valence-corrected chi connectivity index (χ4v) is 1.22. The van der Waals surface area contributed by atoms with Crippen molar-refractivity contribution in [3.63, 3.8) is 0 Å². The van der Waals surface area contributed by atoms with Gasteiger partial charge in [0.25, 0.3) is 0 Å². The maximum atomic E-state index is 11.8. The predicted octanol–water partition coefficient (Wildman–Crippen LogP) is 1.96. The average molecular weight is 206 g/mol. The number of hydrogen-bond donors (Lipinski definition) is 1. The summed E-state index contributed by atoms with van der Waals surface area (Å²) in [6, 6.07) is 3.60. The molecule has 0 aliphatic heterocycles. The molecule has 0 radical (unpaired) electrons. The Kier molecular flexibility index (Phi) is 3.58. The molecule has 0 atom stereocenters. The maximum absolute atomic E-state index is 11.8. The van der Waals surface area contributed by atoms with Gasteiger partial charge >= 0.3 is 0 Å². The van der Waals surface area contributed by atoms with E-state index in [-0.39, 0.29) is 11.3 Å². The molecule has 0 spiro atoms. The number of carbonyl (C=O) groups is 1. The predicted molar refractivity (Wildman–Crippen MR) is 61.1 cm³/mol. The van der Waals surface area contributed by atoms with Crippen LogP contribution in [0.2, 0.25) is 0 Å². The Morgan fingerprint density at radius 3 is 2.67 bits per heavy atom. The van der Waals surface area contributed by atoms with E-state index in [1.165, 1.54) is 0 Å². The molecule has 3 nitrogen and oxygen atoms in total. The van der Waals surface area contributed by atoms with Crippen molar-refractivity contribution in [1.29, 1.82) is 0 Å². The Balaban J connectivity index is 2.66. The van der Waals surface area contributed by atoms with Gasteiger partial charge in [0.2, 0.25) is 0 Å². The fourth-order valence-electron chi connectivity index (χ4n) is 1.22. The number of aromatic nitrogens is 1. The van der Waals surface area contributed by atoms with Crippen molar-refractivity contribution >= 4 is 5.78 Å². The Labute approximate surface area is 90.9 Å². The molecule has 1 aromatic rings. The van der Waals surface area contributed by atoms with Crippen LogP contribution in [0.3, 0.4) is 0 Å². The van der Waals surface area contributed by atoms with E-state index in [4.69, 9.17) is 0 Å². The molecule has 0 bridgehead atoms. The highest BCUT2D eigenvalue weighted by Gasteiger charge is 2.13. The molecule has 0 fully saturated rings. The zero-order chi connectivity index (χ0) is 11.5. The highest BCUT2D eigenvalue weighted by molar-refractivity contribution is 5.98. The molecule has 82 valence electrons. The maximum Gasteiger partial charge on any atom is 0.178 e. The molecule has 1 rings (SSSR count). The van der Waals surface area contributed by atoms with E-state index in [0.29, 0.717) is 12.1 Å². The van der Waals surface area contributed by atoms with Crippen molar-refractivity contribution in [3.8, 4) is 0 Å². The van der Waals surface area contributed by atoms with Crippen molar-refractivity contribution in [1.82, 2.24) is 10.3 Å². The second-order valence-electron chi connectivity index (χ2n) is 4.66. The molecule has 15 heavy (non-hydrogen) atoms. The molecule has 3 heteroatoms. The summed E-state index contributed by atoms with van der Waals surface area (Å²) in [6.07, 6.45) is 1.70. The van der Waals surface area contributed by atoms with Crippen molar-refractivity contribution in [3.05, 3.63) is 29.6 Å². The van der Waals surface area contributed by atoms with Crippen LogP contribution in [-0.2, 0) is 0 Å². The Hall–Kier alpha value is -1.22. The molecule has 0 amide bonds. The van der Waals surface area contributed by atoms with E-state index in [0.717, 1.165) is 5.69 Å². The van der Waals surface area contributed by atoms with Crippen LogP contribution >= 0.6 is 0 Å². The van der Waals surface area contributed by atoms with E-state index < -0.39 is 0 Å². The molecule has 1 N–H and O–H groups in total. The van der Waals surface area contributed by atoms with E-state index in [9.17, 15) is 4.79 Å². The number of pyridine rings is 1. The van der Waals surface area contributed by atoms with Gasteiger partial charge < -0.3 is 5.32 Å². The molecule has 0 aromatic carbocycles. The minimum absolute atomic E-state index is 0.0359. The Bertz CT molecular complexity index is 353. The van der Waals surface area contributed by atoms with Crippen LogP contribution in [0.5, 0.6) is 0 Å². The van der Waals surface area contributed by atoms with Gasteiger partial charge in [-0.05, 0) is 39.8 Å². The zero-order valence-electron chi connectivity index (χ0n) is 9.79. The lowest BCUT2D eigenvalue weighted by Crippen LogP contribution is -2.39. The lowest BCUT2D eigenvalue weighted by molar-refractivity contribution is 0.0981. The molecular formula is C12H18N2O. The van der Waals surface area contributed by atoms with Crippen LogP contribution in [0.15, 0.2) is 18.3 Å². The third kappa shape index (κ3) is 3.80. The number of rotatable bonds is 3. The number of nitrogens with one attached hydrogen (secondary N) is 1. The molecule has 0 saturated carbocycles. The summed E-state index contributed by atoms with van der Waals surface area (Å²) < 4.78 is 0. The smallest absolute Gasteiger partial charge is 0.178 e. The minimum Gasteiger partial charge on any atom is -0.305 e. The Morgan fingerprint density at radius 2 is 2.13 bits per heavy atom. The van der Waals surface area contributed by atoms with Crippen molar-refractivity contribution < 1.29 is 4.79 Å². The van der Waals surface area contributed by atoms with Crippen LogP contribution < -0.4 is 5.32 Å². The van der Waals surface area contributed by atoms with Crippen LogP contribution in [0, 0.1) is 6.92 Å². The highest BCUT2D eigenvalue weighted by atomic mass is 16.1. The summed E-state index contributed by atoms with van der Waals surface area (Å²) in [5, 5.41) is 3.17. The van der Waals surface area contributed by atoms with Crippen molar-refractivity contribution in [2.24, 2.45) is 0 Å². The monoisotopic (exact) mass is 206 g/mol. The zero-order valence-corrected chi connectivity index (χ0v) is 9.79. The summed E-state index contributed by atoms with van der Waals surface area (Å²) in [5.41, 5.74) is 1.46. The number of carbonyl (C=O) groups excluding carboxylic acids is 1. The van der Waals surface area contributed by atoms with Gasteiger partial charge in [-0.2, -0.15) is 0 Å². The van der Waals surface area contributed by atoms with E-state index >= 15 is 0 Å². The first-order valence-electron chi connectivity index (χ1n) is 5.10. The van der Waals surface area contributed by atoms with Gasteiger partial charge in [0.15, 0.2) is 5.78 Å². The fraction of sp³-hybridized carbons (Fsp3) is 0.500. The second-order valence-corrected chi connectivity index (χ2v) is 4.66. The van der Waals surface area contributed by atoms with Gasteiger partial charge in [-0.3, -0.25) is 9.78 Å². The highest BCUT2D eigenvalue weighted by Crippen LogP contribution is 2.05. The van der Waals surface area contributed by atoms with Crippen LogP contribution in [0.25, 0.3) is 0 Å². The molecule has 0 saturated heterocycles. The summed E-state index contributed by atoms with van der Waals surface area (Å²) >= 11 is 0. The van der Waals surface area contributed by atoms with Crippen molar-refractivity contribution in [2.45, 2.75) is 33.2 Å². The van der Waals surface area contributed by atoms with E-state index in [1.54, 1.807) is 12.3 Å². The lowest BCUT2D eigenvalue weighted by atomic mass is 10.1. The van der Waals surface area contributed by atoms with Gasteiger partial charge in [0, 0.05) is 23.0 Å². The van der Waals surface area contributed by atoms with Crippen LogP contribution in [0.4, 0.5) is 0 Å². The third-order valence-electron chi connectivity index (χ3n) is 2.09. The van der Waals surface area contributed by atoms with Gasteiger partial charge in [0.1, 0.15) is 0 Å². The summed E-state index contributed by atoms with van der Waals surface area (Å²) in [5.74, 6) is 0.0931. The first-order chi connectivity index (χ1) is 6.90. The standard InChI is InChI=1S/C12H18N2O/c1-9-10(6-5-7-13-9)11(15)8-14-12(2,3)4/h5-7,14H,8H2,1-4H3. The minimum atomic E-state index is -0.0359. The SMILES string of the molecule is Cc1ncccc1C(=O)CNC(C)(C)C. The Morgan fingerprint density at radius 1 is 1.47 bits per heavy atom. The molecule has 1 aromatic heterocycles. The molecule has 1 heterocycles. The molecule has 0 aliphatic rings. The lowest BCUT2D eigenvalue weighted by Gasteiger charge is -2.19. The van der Waals surface area contributed by atoms with Crippen LogP contribution in [-0.4, -0.2) is 22.9 Å². The largest absolute Gasteiger partial charge is 0.305 e. The molecular weight excluding hydrogens is 188 g/mol. The first-order valence-corrected chi connectivity index (χ1v) is 5.10. The van der Waals surface area contributed by atoms with Crippen LogP contribution in [0.1, 0.15) is 36.8 Å². The van der Waals surface area contributed by atoms with Gasteiger partial charge in [-0.1, -0.05) is 0 Å². The molecule has 0 aliphatic carbocycles. The van der Waals surface area contributed by atoms with Crippen molar-refractivity contribution in [2.75, 3.05) is 6.54 Å². The van der Waals surface area contributed by atoms with E-state index in [2.05, 4.69) is 10.3 Å². The quantitative estimate of drug-likeness (QED) is 0.769. The summed E-state index contributed by atoms with van der Waals surface area (Å²) in [6.45, 7) is 8.32. The normalized spacial score (nSPS) is 11.5. The molecule has 0 unspecified atom stereocenters. The number of Topliss-reactive ketones (excluding diaryl/α,β-unsaturated/α-hetero) is 1. The topological polar surface area (TPSA) is 42.0 Å². The summed E-state index contributed by atoms with van der Waals surface area (Å²) in [7, 11) is 0. The average Bonchev–Trinajstić information content (AvgIpc) is 2.14. The number of aryl methyl sites for hydroxylation is 1. The van der Waals surface area contributed by atoms with Gasteiger partial charge in [0.05, 0.1) is 6.54 Å². The first kappa shape index (κ1) is 11.9. The second kappa shape index (κ2) is 4.53. The van der Waals surface area contributed by atoms with Gasteiger partial charge in [-0.25, -0.2) is 0 Å².